The molecule has 108 valence electrons. The van der Waals surface area contributed by atoms with Gasteiger partial charge in [-0.1, -0.05) is 19.8 Å². The van der Waals surface area contributed by atoms with Gasteiger partial charge < -0.3 is 11.1 Å². The van der Waals surface area contributed by atoms with Crippen molar-refractivity contribution in [3.05, 3.63) is 16.1 Å². The van der Waals surface area contributed by atoms with Crippen LogP contribution in [-0.4, -0.2) is 23.5 Å². The third-order valence-electron chi connectivity index (χ3n) is 3.57. The van der Waals surface area contributed by atoms with Gasteiger partial charge in [0.2, 0.25) is 0 Å². The minimum atomic E-state index is -0.0340. The maximum Gasteiger partial charge on any atom is 0.270 e. The molecule has 4 nitrogen and oxygen atoms in total. The molecule has 19 heavy (non-hydrogen) atoms. The van der Waals surface area contributed by atoms with E-state index < -0.39 is 0 Å². The quantitative estimate of drug-likeness (QED) is 0.897. The van der Waals surface area contributed by atoms with E-state index in [1.165, 1.54) is 30.6 Å². The molecule has 0 saturated heterocycles. The molecular weight excluding hydrogens is 282 g/mol. The number of hydrogen-bond acceptors (Lipinski definition) is 4. The van der Waals surface area contributed by atoms with Gasteiger partial charge in [-0.25, -0.2) is 4.98 Å². The first-order valence-electron chi connectivity index (χ1n) is 6.66. The van der Waals surface area contributed by atoms with E-state index in [-0.39, 0.29) is 18.3 Å². The fourth-order valence-electron chi connectivity index (χ4n) is 2.43. The van der Waals surface area contributed by atoms with Crippen LogP contribution in [0.1, 0.15) is 48.1 Å². The van der Waals surface area contributed by atoms with E-state index in [0.29, 0.717) is 24.2 Å². The Labute approximate surface area is 124 Å². The van der Waals surface area contributed by atoms with Crippen LogP contribution >= 0.6 is 23.7 Å². The van der Waals surface area contributed by atoms with Crippen LogP contribution < -0.4 is 11.1 Å². The van der Waals surface area contributed by atoms with Crippen LogP contribution in [0.4, 0.5) is 0 Å². The third kappa shape index (κ3) is 4.44. The number of nitrogens with one attached hydrogen (secondary N) is 1. The predicted molar refractivity (Wildman–Crippen MR) is 81.0 cm³/mol. The molecule has 1 aliphatic rings. The molecule has 3 N–H and O–H groups in total. The summed E-state index contributed by atoms with van der Waals surface area (Å²) in [6.45, 7) is 2.79. The minimum Gasteiger partial charge on any atom is -0.348 e. The molecule has 2 rings (SSSR count). The third-order valence-corrected chi connectivity index (χ3v) is 4.48. The molecule has 1 aromatic rings. The summed E-state index contributed by atoms with van der Waals surface area (Å²) in [6, 6.07) is 0.311. The van der Waals surface area contributed by atoms with E-state index in [9.17, 15) is 4.79 Å². The molecule has 2 unspecified atom stereocenters. The second-order valence-electron chi connectivity index (χ2n) is 5.01. The second-order valence-corrected chi connectivity index (χ2v) is 5.95. The number of nitrogens with zero attached hydrogens (tertiary/aromatic N) is 1. The van der Waals surface area contributed by atoms with Crippen LogP contribution in [-0.2, 0) is 6.42 Å². The molecule has 0 aliphatic heterocycles. The zero-order chi connectivity index (χ0) is 13.0. The van der Waals surface area contributed by atoms with Gasteiger partial charge in [-0.05, 0) is 25.3 Å². The van der Waals surface area contributed by atoms with Crippen molar-refractivity contribution < 1.29 is 4.79 Å². The summed E-state index contributed by atoms with van der Waals surface area (Å²) in [7, 11) is 0. The smallest absolute Gasteiger partial charge is 0.270 e. The summed E-state index contributed by atoms with van der Waals surface area (Å²) in [5.41, 5.74) is 6.02. The summed E-state index contributed by atoms with van der Waals surface area (Å²) >= 11 is 1.51. The fourth-order valence-corrected chi connectivity index (χ4v) is 3.22. The maximum atomic E-state index is 12.1. The first kappa shape index (κ1) is 16.4. The molecule has 0 radical (unpaired) electrons. The van der Waals surface area contributed by atoms with Crippen molar-refractivity contribution in [2.75, 3.05) is 6.54 Å². The number of carbonyl (C=O) groups excluding carboxylic acids is 1. The van der Waals surface area contributed by atoms with Crippen molar-refractivity contribution >= 4 is 29.7 Å². The van der Waals surface area contributed by atoms with Gasteiger partial charge in [0.05, 0.1) is 5.01 Å². The summed E-state index contributed by atoms with van der Waals surface area (Å²) in [6.07, 6.45) is 5.54. The Morgan fingerprint density at radius 3 is 2.95 bits per heavy atom. The van der Waals surface area contributed by atoms with Crippen LogP contribution in [0.15, 0.2) is 5.38 Å². The van der Waals surface area contributed by atoms with Gasteiger partial charge in [-0.15, -0.1) is 23.7 Å². The molecule has 1 saturated carbocycles. The lowest BCUT2D eigenvalue weighted by Crippen LogP contribution is -2.41. The average Bonchev–Trinajstić information content (AvgIpc) is 2.81. The van der Waals surface area contributed by atoms with Gasteiger partial charge in [-0.2, -0.15) is 0 Å². The van der Waals surface area contributed by atoms with Crippen molar-refractivity contribution in [1.29, 1.82) is 0 Å². The molecule has 1 amide bonds. The Kier molecular flexibility index (Phi) is 6.75. The molecule has 6 heteroatoms. The number of hydrogen-bond donors (Lipinski definition) is 2. The van der Waals surface area contributed by atoms with Gasteiger partial charge in [0.1, 0.15) is 5.69 Å². The van der Waals surface area contributed by atoms with E-state index >= 15 is 0 Å². The Morgan fingerprint density at radius 2 is 2.26 bits per heavy atom. The highest BCUT2D eigenvalue weighted by atomic mass is 35.5. The van der Waals surface area contributed by atoms with E-state index in [2.05, 4.69) is 17.2 Å². The molecule has 1 aliphatic carbocycles. The molecule has 2 atom stereocenters. The lowest BCUT2D eigenvalue weighted by molar-refractivity contribution is 0.0905. The van der Waals surface area contributed by atoms with Gasteiger partial charge >= 0.3 is 0 Å². The van der Waals surface area contributed by atoms with Gasteiger partial charge in [0.25, 0.3) is 5.91 Å². The van der Waals surface area contributed by atoms with Crippen LogP contribution in [0.5, 0.6) is 0 Å². The first-order chi connectivity index (χ1) is 8.70. The summed E-state index contributed by atoms with van der Waals surface area (Å²) < 4.78 is 0. The minimum absolute atomic E-state index is 0. The van der Waals surface area contributed by atoms with Crippen molar-refractivity contribution in [3.8, 4) is 0 Å². The fraction of sp³-hybridized carbons (Fsp3) is 0.692. The van der Waals surface area contributed by atoms with Gasteiger partial charge in [0.15, 0.2) is 0 Å². The average molecular weight is 304 g/mol. The number of carbonyl (C=O) groups is 1. The Morgan fingerprint density at radius 1 is 1.53 bits per heavy atom. The summed E-state index contributed by atoms with van der Waals surface area (Å²) in [5.74, 6) is 0.540. The second kappa shape index (κ2) is 7.82. The zero-order valence-electron chi connectivity index (χ0n) is 11.2. The lowest BCUT2D eigenvalue weighted by Gasteiger charge is -2.29. The maximum absolute atomic E-state index is 12.1. The van der Waals surface area contributed by atoms with Crippen LogP contribution in [0.3, 0.4) is 0 Å². The molecule has 1 fully saturated rings. The highest BCUT2D eigenvalue weighted by Gasteiger charge is 2.23. The SMILES string of the molecule is CC1CCCCC1NC(=O)c1csc(CCN)n1.Cl. The molecule has 0 spiro atoms. The molecule has 1 aromatic heterocycles. The van der Waals surface area contributed by atoms with Crippen molar-refractivity contribution in [2.45, 2.75) is 45.1 Å². The van der Waals surface area contributed by atoms with E-state index in [1.807, 2.05) is 5.38 Å². The van der Waals surface area contributed by atoms with Gasteiger partial charge in [0, 0.05) is 17.8 Å². The number of rotatable bonds is 4. The topological polar surface area (TPSA) is 68.0 Å². The normalized spacial score (nSPS) is 22.6. The number of nitrogens with two attached hydrogens (primary N) is 1. The molecule has 1 heterocycles. The predicted octanol–water partition coefficient (Wildman–Crippen LogP) is 2.37. The number of thiazole rings is 1. The number of halogens is 1. The zero-order valence-corrected chi connectivity index (χ0v) is 12.9. The lowest BCUT2D eigenvalue weighted by atomic mass is 9.86. The number of amides is 1. The first-order valence-corrected chi connectivity index (χ1v) is 7.54. The highest BCUT2D eigenvalue weighted by molar-refractivity contribution is 7.09. The molecular formula is C13H22ClN3OS. The largest absolute Gasteiger partial charge is 0.348 e. The molecule has 0 bridgehead atoms. The number of aromatic nitrogens is 1. The Bertz CT molecular complexity index is 410. The molecule has 0 aromatic carbocycles. The summed E-state index contributed by atoms with van der Waals surface area (Å²) in [4.78, 5) is 16.4. The van der Waals surface area contributed by atoms with Crippen molar-refractivity contribution in [3.63, 3.8) is 0 Å². The Balaban J connectivity index is 0.00000180. The van der Waals surface area contributed by atoms with Crippen LogP contribution in [0.2, 0.25) is 0 Å². The van der Waals surface area contributed by atoms with E-state index in [1.54, 1.807) is 0 Å². The summed E-state index contributed by atoms with van der Waals surface area (Å²) in [5, 5.41) is 5.89. The Hall–Kier alpha value is -0.650. The van der Waals surface area contributed by atoms with Crippen LogP contribution in [0.25, 0.3) is 0 Å². The van der Waals surface area contributed by atoms with E-state index in [0.717, 1.165) is 17.8 Å². The van der Waals surface area contributed by atoms with Crippen molar-refractivity contribution in [2.24, 2.45) is 11.7 Å². The van der Waals surface area contributed by atoms with E-state index in [4.69, 9.17) is 5.73 Å². The highest BCUT2D eigenvalue weighted by Crippen LogP contribution is 2.24. The monoisotopic (exact) mass is 303 g/mol. The standard InChI is InChI=1S/C13H21N3OS.ClH/c1-9-4-2-3-5-10(9)16-13(17)11-8-18-12(15-11)6-7-14;/h8-10H,2-7,14H2,1H3,(H,16,17);1H. The van der Waals surface area contributed by atoms with Crippen molar-refractivity contribution in [1.82, 2.24) is 10.3 Å². The van der Waals surface area contributed by atoms with Gasteiger partial charge in [-0.3, -0.25) is 4.79 Å². The van der Waals surface area contributed by atoms with Crippen LogP contribution in [0, 0.1) is 5.92 Å².